The molecule has 2 heterocycles. The lowest BCUT2D eigenvalue weighted by Crippen LogP contribution is -2.32. The average molecular weight is 368 g/mol. The summed E-state index contributed by atoms with van der Waals surface area (Å²) in [7, 11) is 0. The van der Waals surface area contributed by atoms with Gasteiger partial charge in [-0.1, -0.05) is 12.1 Å². The predicted octanol–water partition coefficient (Wildman–Crippen LogP) is 3.35. The van der Waals surface area contributed by atoms with Gasteiger partial charge in [-0.25, -0.2) is 4.39 Å². The second kappa shape index (κ2) is 9.03. The molecule has 0 saturated carbocycles. The van der Waals surface area contributed by atoms with Gasteiger partial charge in [0.15, 0.2) is 0 Å². The van der Waals surface area contributed by atoms with Crippen molar-refractivity contribution in [3.63, 3.8) is 0 Å². The van der Waals surface area contributed by atoms with Crippen molar-refractivity contribution in [1.82, 2.24) is 15.1 Å². The van der Waals surface area contributed by atoms with Crippen molar-refractivity contribution in [3.05, 3.63) is 59.2 Å². The van der Waals surface area contributed by atoms with Crippen LogP contribution in [0.15, 0.2) is 36.5 Å². The maximum atomic E-state index is 13.1. The van der Waals surface area contributed by atoms with Gasteiger partial charge in [-0.2, -0.15) is 15.5 Å². The van der Waals surface area contributed by atoms with Crippen LogP contribution in [-0.2, 0) is 17.7 Å². The minimum absolute atomic E-state index is 0.0689. The van der Waals surface area contributed by atoms with E-state index in [0.29, 0.717) is 25.3 Å². The Hall–Kier alpha value is -2.36. The molecule has 1 aliphatic heterocycles. The molecule has 0 radical (unpaired) electrons. The number of halogens is 1. The van der Waals surface area contributed by atoms with E-state index in [1.165, 1.54) is 12.1 Å². The fourth-order valence-electron chi connectivity index (χ4n) is 3.73. The molecule has 0 bridgehead atoms. The number of nitrogens with zero attached hydrogens (tertiary/aromatic N) is 4. The highest BCUT2D eigenvalue weighted by Crippen LogP contribution is 2.36. The van der Waals surface area contributed by atoms with E-state index in [-0.39, 0.29) is 11.2 Å². The Morgan fingerprint density at radius 3 is 2.85 bits per heavy atom. The number of aromatic nitrogens is 2. The molecule has 27 heavy (non-hydrogen) atoms. The molecule has 1 aliphatic rings. The molecular formula is C21H25FN4O. The summed E-state index contributed by atoms with van der Waals surface area (Å²) in [6.45, 7) is 5.89. The molecule has 1 atom stereocenters. The smallest absolute Gasteiger partial charge is 0.123 e. The third-order valence-electron chi connectivity index (χ3n) is 5.28. The Labute approximate surface area is 159 Å². The monoisotopic (exact) mass is 368 g/mol. The van der Waals surface area contributed by atoms with Crippen LogP contribution in [0.1, 0.15) is 36.6 Å². The van der Waals surface area contributed by atoms with Crippen LogP contribution in [-0.4, -0.2) is 41.4 Å². The highest BCUT2D eigenvalue weighted by molar-refractivity contribution is 5.31. The van der Waals surface area contributed by atoms with E-state index in [1.54, 1.807) is 12.3 Å². The van der Waals surface area contributed by atoms with Crippen molar-refractivity contribution < 1.29 is 9.13 Å². The highest BCUT2D eigenvalue weighted by Gasteiger charge is 2.38. The summed E-state index contributed by atoms with van der Waals surface area (Å²) >= 11 is 0. The number of hydrogen-bond acceptors (Lipinski definition) is 5. The van der Waals surface area contributed by atoms with Crippen LogP contribution in [0.3, 0.4) is 0 Å². The maximum Gasteiger partial charge on any atom is 0.123 e. The molecule has 0 unspecified atom stereocenters. The standard InChI is InChI=1S/C21H25FN4O/c1-2-27-16-21(9-7-17-3-5-19(22)6-4-17)10-12-26(15-21)14-20-18(13-23)8-11-24-25-20/h3-6,8,11H,2,7,9-10,12,14-16H2,1H3/t21-/m1/s1. The van der Waals surface area contributed by atoms with Crippen LogP contribution >= 0.6 is 0 Å². The summed E-state index contributed by atoms with van der Waals surface area (Å²) in [6.07, 6.45) is 4.47. The van der Waals surface area contributed by atoms with E-state index in [2.05, 4.69) is 21.2 Å². The average Bonchev–Trinajstić information content (AvgIpc) is 3.09. The molecule has 0 aliphatic carbocycles. The summed E-state index contributed by atoms with van der Waals surface area (Å²) in [6, 6.07) is 10.6. The van der Waals surface area contributed by atoms with Gasteiger partial charge in [0.25, 0.3) is 0 Å². The Kier molecular flexibility index (Phi) is 6.49. The minimum Gasteiger partial charge on any atom is -0.381 e. The van der Waals surface area contributed by atoms with Crippen LogP contribution in [0.5, 0.6) is 0 Å². The van der Waals surface area contributed by atoms with Gasteiger partial charge in [-0.3, -0.25) is 4.90 Å². The minimum atomic E-state index is -0.202. The number of rotatable bonds is 8. The van der Waals surface area contributed by atoms with Crippen LogP contribution in [0.2, 0.25) is 0 Å². The fourth-order valence-corrected chi connectivity index (χ4v) is 3.73. The van der Waals surface area contributed by atoms with E-state index >= 15 is 0 Å². The number of aryl methyl sites for hydroxylation is 1. The number of hydrogen-bond donors (Lipinski definition) is 0. The Morgan fingerprint density at radius 1 is 1.30 bits per heavy atom. The van der Waals surface area contributed by atoms with Gasteiger partial charge in [0.1, 0.15) is 11.9 Å². The zero-order valence-electron chi connectivity index (χ0n) is 15.7. The lowest BCUT2D eigenvalue weighted by molar-refractivity contribution is 0.0488. The molecule has 142 valence electrons. The topological polar surface area (TPSA) is 62.0 Å². The third-order valence-corrected chi connectivity index (χ3v) is 5.28. The Morgan fingerprint density at radius 2 is 2.11 bits per heavy atom. The number of benzene rings is 1. The summed E-state index contributed by atoms with van der Waals surface area (Å²) in [5.41, 5.74) is 2.52. The number of ether oxygens (including phenoxy) is 1. The van der Waals surface area contributed by atoms with E-state index in [9.17, 15) is 9.65 Å². The van der Waals surface area contributed by atoms with E-state index in [1.807, 2.05) is 19.1 Å². The molecule has 0 amide bonds. The van der Waals surface area contributed by atoms with Gasteiger partial charge in [0.2, 0.25) is 0 Å². The van der Waals surface area contributed by atoms with Crippen molar-refractivity contribution in [1.29, 1.82) is 5.26 Å². The Balaban J connectivity index is 1.66. The molecule has 0 spiro atoms. The predicted molar refractivity (Wildman–Crippen MR) is 100 cm³/mol. The Bertz CT molecular complexity index is 790. The first kappa shape index (κ1) is 19.4. The van der Waals surface area contributed by atoms with Crippen LogP contribution in [0, 0.1) is 22.6 Å². The fraction of sp³-hybridized carbons (Fsp3) is 0.476. The molecule has 1 aromatic carbocycles. The molecule has 5 nitrogen and oxygen atoms in total. The van der Waals surface area contributed by atoms with E-state index < -0.39 is 0 Å². The van der Waals surface area contributed by atoms with Crippen LogP contribution in [0.4, 0.5) is 4.39 Å². The van der Waals surface area contributed by atoms with Gasteiger partial charge in [-0.05, 0) is 56.5 Å². The van der Waals surface area contributed by atoms with Crippen molar-refractivity contribution in [3.8, 4) is 6.07 Å². The molecule has 2 aromatic rings. The quantitative estimate of drug-likeness (QED) is 0.715. The molecule has 6 heteroatoms. The van der Waals surface area contributed by atoms with Crippen molar-refractivity contribution >= 4 is 0 Å². The number of nitriles is 1. The zero-order valence-corrected chi connectivity index (χ0v) is 15.7. The molecule has 1 fully saturated rings. The molecule has 1 aromatic heterocycles. The van der Waals surface area contributed by atoms with Gasteiger partial charge in [0, 0.05) is 25.1 Å². The van der Waals surface area contributed by atoms with Gasteiger partial charge < -0.3 is 4.74 Å². The zero-order chi connectivity index (χ0) is 19.1. The lowest BCUT2D eigenvalue weighted by Gasteiger charge is -2.29. The molecule has 3 rings (SSSR count). The largest absolute Gasteiger partial charge is 0.381 e. The normalized spacial score (nSPS) is 19.9. The summed E-state index contributed by atoms with van der Waals surface area (Å²) < 4.78 is 18.9. The van der Waals surface area contributed by atoms with Crippen molar-refractivity contribution in [2.45, 2.75) is 32.7 Å². The van der Waals surface area contributed by atoms with Crippen molar-refractivity contribution in [2.75, 3.05) is 26.3 Å². The first-order valence-electron chi connectivity index (χ1n) is 9.39. The van der Waals surface area contributed by atoms with E-state index in [0.717, 1.165) is 43.6 Å². The summed E-state index contributed by atoms with van der Waals surface area (Å²) in [5, 5.41) is 17.3. The summed E-state index contributed by atoms with van der Waals surface area (Å²) in [5.74, 6) is -0.202. The van der Waals surface area contributed by atoms with Gasteiger partial charge in [-0.15, -0.1) is 0 Å². The van der Waals surface area contributed by atoms with E-state index in [4.69, 9.17) is 4.74 Å². The number of likely N-dealkylation sites (tertiary alicyclic amines) is 1. The second-order valence-electron chi connectivity index (χ2n) is 7.23. The van der Waals surface area contributed by atoms with Crippen molar-refractivity contribution in [2.24, 2.45) is 5.41 Å². The summed E-state index contributed by atoms with van der Waals surface area (Å²) in [4.78, 5) is 2.33. The van der Waals surface area contributed by atoms with Gasteiger partial charge in [0.05, 0.1) is 24.1 Å². The third kappa shape index (κ3) is 5.09. The second-order valence-corrected chi connectivity index (χ2v) is 7.23. The first-order valence-corrected chi connectivity index (χ1v) is 9.39. The first-order chi connectivity index (χ1) is 13.1. The molecule has 0 N–H and O–H groups in total. The maximum absolute atomic E-state index is 13.1. The van der Waals surface area contributed by atoms with Gasteiger partial charge >= 0.3 is 0 Å². The SMILES string of the molecule is CCOC[C@]1(CCc2ccc(F)cc2)CCN(Cc2nnccc2C#N)C1. The highest BCUT2D eigenvalue weighted by atomic mass is 19.1. The lowest BCUT2D eigenvalue weighted by atomic mass is 9.82. The van der Waals surface area contributed by atoms with Crippen LogP contribution in [0.25, 0.3) is 0 Å². The van der Waals surface area contributed by atoms with Crippen LogP contribution < -0.4 is 0 Å². The molecule has 1 saturated heterocycles. The molecular weight excluding hydrogens is 343 g/mol.